The van der Waals surface area contributed by atoms with Gasteiger partial charge in [0, 0.05) is 9.79 Å². The third kappa shape index (κ3) is 7.24. The van der Waals surface area contributed by atoms with E-state index < -0.39 is 36.4 Å². The molecule has 0 spiro atoms. The Morgan fingerprint density at radius 2 is 1.68 bits per heavy atom. The smallest absolute Gasteiger partial charge is 0.416 e. The van der Waals surface area contributed by atoms with Crippen LogP contribution in [0.25, 0.3) is 0 Å². The first-order chi connectivity index (χ1) is 16.2. The summed E-state index contributed by atoms with van der Waals surface area (Å²) in [5.74, 6) is 0.0299. The number of nitrogens with two attached hydrogens (primary N) is 1. The number of alkyl halides is 3. The molecule has 3 atom stereocenters. The van der Waals surface area contributed by atoms with E-state index in [4.69, 9.17) is 15.6 Å². The van der Waals surface area contributed by atoms with Crippen molar-refractivity contribution in [2.75, 3.05) is 6.61 Å². The van der Waals surface area contributed by atoms with Gasteiger partial charge in [0.15, 0.2) is 0 Å². The van der Waals surface area contributed by atoms with Crippen LogP contribution in [0.15, 0.2) is 82.6 Å². The van der Waals surface area contributed by atoms with Gasteiger partial charge < -0.3 is 20.7 Å². The first kappa shape index (κ1) is 26.1. The highest BCUT2D eigenvalue weighted by molar-refractivity contribution is 7.99. The molecule has 0 radical (unpaired) electrons. The Labute approximate surface area is 201 Å². The number of aliphatic hydroxyl groups is 2. The van der Waals surface area contributed by atoms with Gasteiger partial charge in [0.25, 0.3) is 0 Å². The molecule has 8 heteroatoms. The molecule has 4 N–H and O–H groups in total. The topological polar surface area (TPSA) is 75.7 Å². The fourth-order valence-electron chi connectivity index (χ4n) is 3.56. The van der Waals surface area contributed by atoms with Crippen LogP contribution in [0.2, 0.25) is 0 Å². The van der Waals surface area contributed by atoms with Gasteiger partial charge in [0.05, 0.1) is 24.3 Å². The number of aliphatic hydroxyl groups excluding tert-OH is 2. The molecule has 3 aromatic carbocycles. The molecule has 4 nitrogen and oxygen atoms in total. The van der Waals surface area contributed by atoms with Crippen molar-refractivity contribution >= 4 is 11.8 Å². The second-order valence-electron chi connectivity index (χ2n) is 8.15. The lowest BCUT2D eigenvalue weighted by atomic mass is 9.89. The van der Waals surface area contributed by atoms with Crippen LogP contribution in [0.3, 0.4) is 0 Å². The van der Waals surface area contributed by atoms with E-state index in [1.807, 2.05) is 36.4 Å². The van der Waals surface area contributed by atoms with Crippen LogP contribution in [0.4, 0.5) is 13.2 Å². The molecule has 0 aromatic heterocycles. The van der Waals surface area contributed by atoms with Crippen LogP contribution in [0.5, 0.6) is 5.75 Å². The fraction of sp³-hybridized carbons (Fsp3) is 0.308. The molecular formula is C26H28F3NO3S. The summed E-state index contributed by atoms with van der Waals surface area (Å²) in [6.45, 7) is 1.56. The number of hydrogen-bond donors (Lipinski definition) is 3. The molecule has 34 heavy (non-hydrogen) atoms. The molecule has 0 heterocycles. The molecule has 0 fully saturated rings. The minimum atomic E-state index is -4.55. The zero-order chi connectivity index (χ0) is 24.7. The molecule has 0 bridgehead atoms. The largest absolute Gasteiger partial charge is 0.489 e. The molecule has 3 rings (SSSR count). The van der Waals surface area contributed by atoms with E-state index in [1.54, 1.807) is 31.2 Å². The summed E-state index contributed by atoms with van der Waals surface area (Å²) in [7, 11) is 0. The van der Waals surface area contributed by atoms with Gasteiger partial charge in [-0.3, -0.25) is 0 Å². The van der Waals surface area contributed by atoms with Crippen molar-refractivity contribution in [2.24, 2.45) is 5.73 Å². The molecule has 0 aliphatic heterocycles. The average molecular weight is 492 g/mol. The summed E-state index contributed by atoms with van der Waals surface area (Å²) in [6, 6.07) is 20.2. The molecule has 0 aliphatic carbocycles. The first-order valence-electron chi connectivity index (χ1n) is 10.9. The maximum Gasteiger partial charge on any atom is 0.416 e. The van der Waals surface area contributed by atoms with Crippen molar-refractivity contribution in [3.05, 3.63) is 89.5 Å². The van der Waals surface area contributed by atoms with Crippen molar-refractivity contribution < 1.29 is 28.1 Å². The predicted octanol–water partition coefficient (Wildman–Crippen LogP) is 5.61. The number of rotatable bonds is 10. The van der Waals surface area contributed by atoms with E-state index in [1.165, 1.54) is 17.8 Å². The molecule has 3 aromatic rings. The van der Waals surface area contributed by atoms with E-state index in [0.717, 1.165) is 16.5 Å². The summed E-state index contributed by atoms with van der Waals surface area (Å²) in [6.07, 6.45) is -5.64. The first-order valence-corrected chi connectivity index (χ1v) is 11.7. The number of hydrogen-bond acceptors (Lipinski definition) is 5. The lowest BCUT2D eigenvalue weighted by Crippen LogP contribution is -2.38. The molecule has 0 amide bonds. The van der Waals surface area contributed by atoms with Crippen LogP contribution in [0, 0.1) is 0 Å². The fourth-order valence-corrected chi connectivity index (χ4v) is 4.47. The summed E-state index contributed by atoms with van der Waals surface area (Å²) in [5, 5.41) is 19.1. The number of benzene rings is 3. The molecule has 0 saturated carbocycles. The predicted molar refractivity (Wildman–Crippen MR) is 127 cm³/mol. The van der Waals surface area contributed by atoms with Crippen molar-refractivity contribution in [2.45, 2.75) is 54.0 Å². The number of halogens is 3. The van der Waals surface area contributed by atoms with E-state index in [-0.39, 0.29) is 12.0 Å². The standard InChI is InChI=1S/C26H28F3NO3S/c1-17(12-25(32)24(30)15-31)22-11-10-21(14-23(22)26(27,28)29)34-20-9-5-8-19(13-20)33-16-18-6-3-2-4-7-18/h2-11,13-14,17,24-25,31-32H,12,15-16,30H2,1H3. The highest BCUT2D eigenvalue weighted by atomic mass is 32.2. The monoisotopic (exact) mass is 491 g/mol. The molecule has 0 saturated heterocycles. The lowest BCUT2D eigenvalue weighted by molar-refractivity contribution is -0.138. The molecular weight excluding hydrogens is 463 g/mol. The highest BCUT2D eigenvalue weighted by Gasteiger charge is 2.35. The minimum Gasteiger partial charge on any atom is -0.489 e. The van der Waals surface area contributed by atoms with Crippen molar-refractivity contribution in [1.29, 1.82) is 0 Å². The third-order valence-electron chi connectivity index (χ3n) is 5.45. The van der Waals surface area contributed by atoms with Crippen LogP contribution in [-0.4, -0.2) is 29.0 Å². The van der Waals surface area contributed by atoms with Crippen molar-refractivity contribution in [3.63, 3.8) is 0 Å². The van der Waals surface area contributed by atoms with Gasteiger partial charge in [-0.15, -0.1) is 0 Å². The molecule has 0 aliphatic rings. The van der Waals surface area contributed by atoms with Gasteiger partial charge in [0.1, 0.15) is 12.4 Å². The van der Waals surface area contributed by atoms with Gasteiger partial charge in [-0.2, -0.15) is 13.2 Å². The zero-order valence-corrected chi connectivity index (χ0v) is 19.5. The summed E-state index contributed by atoms with van der Waals surface area (Å²) in [4.78, 5) is 1.19. The third-order valence-corrected chi connectivity index (χ3v) is 6.43. The Morgan fingerprint density at radius 3 is 2.35 bits per heavy atom. The maximum absolute atomic E-state index is 13.9. The lowest BCUT2D eigenvalue weighted by Gasteiger charge is -2.23. The van der Waals surface area contributed by atoms with Crippen LogP contribution in [0.1, 0.15) is 36.0 Å². The molecule has 3 unspecified atom stereocenters. The van der Waals surface area contributed by atoms with E-state index >= 15 is 0 Å². The summed E-state index contributed by atoms with van der Waals surface area (Å²) in [5.41, 5.74) is 5.97. The number of ether oxygens (including phenoxy) is 1. The Hall–Kier alpha value is -2.52. The van der Waals surface area contributed by atoms with E-state index in [0.29, 0.717) is 17.3 Å². The second kappa shape index (κ2) is 11.8. The van der Waals surface area contributed by atoms with E-state index in [9.17, 15) is 18.3 Å². The minimum absolute atomic E-state index is 0.0120. The summed E-state index contributed by atoms with van der Waals surface area (Å²) >= 11 is 1.21. The van der Waals surface area contributed by atoms with Crippen LogP contribution >= 0.6 is 11.8 Å². The maximum atomic E-state index is 13.9. The van der Waals surface area contributed by atoms with E-state index in [2.05, 4.69) is 0 Å². The average Bonchev–Trinajstić information content (AvgIpc) is 2.82. The summed E-state index contributed by atoms with van der Waals surface area (Å²) < 4.78 is 47.4. The van der Waals surface area contributed by atoms with Crippen molar-refractivity contribution in [1.82, 2.24) is 0 Å². The normalized spacial score (nSPS) is 14.4. The van der Waals surface area contributed by atoms with Gasteiger partial charge in [0.2, 0.25) is 0 Å². The Bertz CT molecular complexity index is 1060. The van der Waals surface area contributed by atoms with Crippen LogP contribution < -0.4 is 10.5 Å². The van der Waals surface area contributed by atoms with Crippen LogP contribution in [-0.2, 0) is 12.8 Å². The second-order valence-corrected chi connectivity index (χ2v) is 9.30. The SMILES string of the molecule is CC(CC(O)C(N)CO)c1ccc(Sc2cccc(OCc3ccccc3)c2)cc1C(F)(F)F. The Kier molecular flexibility index (Phi) is 9.02. The molecule has 182 valence electrons. The Balaban J connectivity index is 1.76. The van der Waals surface area contributed by atoms with Gasteiger partial charge in [-0.05, 0) is 53.8 Å². The zero-order valence-electron chi connectivity index (χ0n) is 18.7. The van der Waals surface area contributed by atoms with Crippen molar-refractivity contribution in [3.8, 4) is 5.75 Å². The van der Waals surface area contributed by atoms with Gasteiger partial charge in [-0.25, -0.2) is 0 Å². The quantitative estimate of drug-likeness (QED) is 0.344. The highest BCUT2D eigenvalue weighted by Crippen LogP contribution is 2.40. The Morgan fingerprint density at radius 1 is 0.971 bits per heavy atom. The van der Waals surface area contributed by atoms with Gasteiger partial charge in [-0.1, -0.05) is 61.2 Å². The van der Waals surface area contributed by atoms with Gasteiger partial charge >= 0.3 is 6.18 Å².